The number of rotatable bonds is 2. The van der Waals surface area contributed by atoms with Gasteiger partial charge in [0, 0.05) is 6.04 Å². The van der Waals surface area contributed by atoms with Crippen molar-refractivity contribution in [1.82, 2.24) is 5.32 Å². The van der Waals surface area contributed by atoms with Gasteiger partial charge in [0.15, 0.2) is 0 Å². The number of nitrogens with zero attached hydrogens (tertiary/aromatic N) is 1. The maximum absolute atomic E-state index is 11.4. The minimum absolute atomic E-state index is 0.0181. The Morgan fingerprint density at radius 2 is 2.20 bits per heavy atom. The molecule has 15 heavy (non-hydrogen) atoms. The van der Waals surface area contributed by atoms with Crippen LogP contribution in [-0.2, 0) is 4.74 Å². The van der Waals surface area contributed by atoms with E-state index < -0.39 is 11.7 Å². The summed E-state index contributed by atoms with van der Waals surface area (Å²) in [6, 6.07) is 2.22. The van der Waals surface area contributed by atoms with E-state index in [9.17, 15) is 4.79 Å². The summed E-state index contributed by atoms with van der Waals surface area (Å²) in [5.41, 5.74) is -0.470. The quantitative estimate of drug-likeness (QED) is 0.758. The molecule has 0 bridgehead atoms. The second-order valence-corrected chi connectivity index (χ2v) is 5.07. The molecule has 0 unspecified atom stereocenters. The molecule has 0 saturated heterocycles. The van der Waals surface area contributed by atoms with Crippen LogP contribution in [0.15, 0.2) is 0 Å². The van der Waals surface area contributed by atoms with Crippen molar-refractivity contribution in [3.8, 4) is 6.07 Å². The van der Waals surface area contributed by atoms with Crippen LogP contribution in [0.4, 0.5) is 4.79 Å². The molecule has 0 aromatic rings. The highest BCUT2D eigenvalue weighted by Gasteiger charge is 2.42. The molecule has 0 aromatic heterocycles. The number of hydrogen-bond donors (Lipinski definition) is 1. The zero-order chi connectivity index (χ0) is 11.6. The Balaban J connectivity index is 2.31. The Bertz CT molecular complexity index is 288. The maximum Gasteiger partial charge on any atom is 0.407 e. The fourth-order valence-corrected chi connectivity index (χ4v) is 1.52. The van der Waals surface area contributed by atoms with Crippen LogP contribution in [-0.4, -0.2) is 17.7 Å². The van der Waals surface area contributed by atoms with Crippen molar-refractivity contribution in [2.75, 3.05) is 0 Å². The molecule has 0 heterocycles. The third kappa shape index (κ3) is 3.78. The van der Waals surface area contributed by atoms with Gasteiger partial charge < -0.3 is 10.1 Å². The number of carbonyl (C=O) groups excluding carboxylic acids is 1. The molecule has 1 N–H and O–H groups in total. The normalized spacial score (nSPS) is 26.3. The molecule has 1 aliphatic carbocycles. The van der Waals surface area contributed by atoms with Crippen molar-refractivity contribution in [1.29, 1.82) is 5.26 Å². The van der Waals surface area contributed by atoms with Crippen LogP contribution in [0.5, 0.6) is 0 Å². The van der Waals surface area contributed by atoms with Crippen molar-refractivity contribution in [3.05, 3.63) is 0 Å². The van der Waals surface area contributed by atoms with Gasteiger partial charge in [-0.1, -0.05) is 0 Å². The number of amides is 1. The molecule has 4 heteroatoms. The average Bonchev–Trinajstić information content (AvgIpc) is 2.77. The molecule has 1 saturated carbocycles. The number of carbonyl (C=O) groups is 1. The van der Waals surface area contributed by atoms with E-state index in [0.717, 1.165) is 6.42 Å². The lowest BCUT2D eigenvalue weighted by Gasteiger charge is -2.21. The fourth-order valence-electron chi connectivity index (χ4n) is 1.52. The van der Waals surface area contributed by atoms with Gasteiger partial charge in [0.25, 0.3) is 0 Å². The van der Waals surface area contributed by atoms with E-state index >= 15 is 0 Å². The highest BCUT2D eigenvalue weighted by Crippen LogP contribution is 2.40. The van der Waals surface area contributed by atoms with E-state index in [-0.39, 0.29) is 12.0 Å². The molecule has 0 spiro atoms. The molecule has 3 atom stereocenters. The van der Waals surface area contributed by atoms with Gasteiger partial charge in [0.2, 0.25) is 0 Å². The number of ether oxygens (including phenoxy) is 1. The maximum atomic E-state index is 11.4. The zero-order valence-electron chi connectivity index (χ0n) is 9.70. The van der Waals surface area contributed by atoms with Gasteiger partial charge in [-0.15, -0.1) is 0 Å². The predicted molar refractivity (Wildman–Crippen MR) is 56.0 cm³/mol. The summed E-state index contributed by atoms with van der Waals surface area (Å²) in [5, 5.41) is 11.4. The van der Waals surface area contributed by atoms with Crippen molar-refractivity contribution in [2.45, 2.75) is 45.8 Å². The van der Waals surface area contributed by atoms with Crippen LogP contribution in [0.3, 0.4) is 0 Å². The molecule has 1 aliphatic rings. The minimum atomic E-state index is -0.470. The molecule has 0 aromatic carbocycles. The molecular weight excluding hydrogens is 192 g/mol. The lowest BCUT2D eigenvalue weighted by atomic mass is 10.2. The first-order chi connectivity index (χ1) is 6.83. The van der Waals surface area contributed by atoms with Crippen molar-refractivity contribution < 1.29 is 9.53 Å². The SMILES string of the molecule is C[C@@H](NC(=O)OC(C)(C)C)[C@@H]1C[C@@H]1C#N. The highest BCUT2D eigenvalue weighted by atomic mass is 16.6. The number of nitriles is 1. The molecule has 84 valence electrons. The molecule has 0 aliphatic heterocycles. The topological polar surface area (TPSA) is 62.1 Å². The first-order valence-electron chi connectivity index (χ1n) is 5.22. The number of alkyl carbamates (subject to hydrolysis) is 1. The summed E-state index contributed by atoms with van der Waals surface area (Å²) in [7, 11) is 0. The van der Waals surface area contributed by atoms with Gasteiger partial charge in [0.1, 0.15) is 5.60 Å². The summed E-state index contributed by atoms with van der Waals surface area (Å²) in [5.74, 6) is 0.400. The summed E-state index contributed by atoms with van der Waals surface area (Å²) in [6.07, 6.45) is 0.478. The monoisotopic (exact) mass is 210 g/mol. The van der Waals surface area contributed by atoms with Crippen LogP contribution in [0.1, 0.15) is 34.1 Å². The second-order valence-electron chi connectivity index (χ2n) is 5.07. The first kappa shape index (κ1) is 11.8. The summed E-state index contributed by atoms with van der Waals surface area (Å²) in [6.45, 7) is 7.39. The van der Waals surface area contributed by atoms with Crippen LogP contribution in [0.2, 0.25) is 0 Å². The second kappa shape index (κ2) is 4.09. The van der Waals surface area contributed by atoms with Gasteiger partial charge >= 0.3 is 6.09 Å². The van der Waals surface area contributed by atoms with E-state index in [1.807, 2.05) is 27.7 Å². The van der Waals surface area contributed by atoms with Crippen molar-refractivity contribution in [2.24, 2.45) is 11.8 Å². The van der Waals surface area contributed by atoms with Crippen LogP contribution in [0, 0.1) is 23.2 Å². The van der Waals surface area contributed by atoms with Crippen molar-refractivity contribution in [3.63, 3.8) is 0 Å². The van der Waals surface area contributed by atoms with Crippen LogP contribution < -0.4 is 5.32 Å². The molecule has 1 amide bonds. The Kier molecular flexibility index (Phi) is 3.23. The average molecular weight is 210 g/mol. The van der Waals surface area contributed by atoms with Gasteiger partial charge in [-0.25, -0.2) is 4.79 Å². The Morgan fingerprint density at radius 1 is 1.60 bits per heavy atom. The lowest BCUT2D eigenvalue weighted by Crippen LogP contribution is -2.38. The van der Waals surface area contributed by atoms with Gasteiger partial charge in [-0.3, -0.25) is 0 Å². The Morgan fingerprint density at radius 3 is 2.60 bits per heavy atom. The van der Waals surface area contributed by atoms with Gasteiger partial charge in [-0.2, -0.15) is 5.26 Å². The van der Waals surface area contributed by atoms with Crippen LogP contribution in [0.25, 0.3) is 0 Å². The molecule has 1 fully saturated rings. The first-order valence-corrected chi connectivity index (χ1v) is 5.22. The summed E-state index contributed by atoms with van der Waals surface area (Å²) in [4.78, 5) is 11.4. The van der Waals surface area contributed by atoms with Gasteiger partial charge in [0.05, 0.1) is 12.0 Å². The van der Waals surface area contributed by atoms with E-state index in [2.05, 4.69) is 11.4 Å². The summed E-state index contributed by atoms with van der Waals surface area (Å²) >= 11 is 0. The zero-order valence-corrected chi connectivity index (χ0v) is 9.70. The molecular formula is C11H18N2O2. The highest BCUT2D eigenvalue weighted by molar-refractivity contribution is 5.68. The largest absolute Gasteiger partial charge is 0.444 e. The molecule has 4 nitrogen and oxygen atoms in total. The predicted octanol–water partition coefficient (Wildman–Crippen LogP) is 2.06. The minimum Gasteiger partial charge on any atom is -0.444 e. The Labute approximate surface area is 90.6 Å². The van der Waals surface area contributed by atoms with E-state index in [0.29, 0.717) is 5.92 Å². The van der Waals surface area contributed by atoms with E-state index in [1.54, 1.807) is 0 Å². The lowest BCUT2D eigenvalue weighted by molar-refractivity contribution is 0.0502. The number of hydrogen-bond acceptors (Lipinski definition) is 3. The third-order valence-electron chi connectivity index (χ3n) is 2.39. The van der Waals surface area contributed by atoms with E-state index in [1.165, 1.54) is 0 Å². The van der Waals surface area contributed by atoms with E-state index in [4.69, 9.17) is 10.00 Å². The smallest absolute Gasteiger partial charge is 0.407 e. The van der Waals surface area contributed by atoms with Crippen LogP contribution >= 0.6 is 0 Å². The van der Waals surface area contributed by atoms with Crippen molar-refractivity contribution >= 4 is 6.09 Å². The Hall–Kier alpha value is -1.24. The molecule has 0 radical (unpaired) electrons. The molecule has 1 rings (SSSR count). The summed E-state index contributed by atoms with van der Waals surface area (Å²) < 4.78 is 5.12. The fraction of sp³-hybridized carbons (Fsp3) is 0.818. The van der Waals surface area contributed by atoms with Gasteiger partial charge in [-0.05, 0) is 40.0 Å². The number of nitrogens with one attached hydrogen (secondary N) is 1. The third-order valence-corrected chi connectivity index (χ3v) is 2.39. The standard InChI is InChI=1S/C11H18N2O2/c1-7(9-5-8(9)6-12)13-10(14)15-11(2,3)4/h7-9H,5H2,1-4H3,(H,13,14)/t7-,8-,9+/m1/s1.